The van der Waals surface area contributed by atoms with E-state index in [1.807, 2.05) is 4.40 Å². The van der Waals surface area contributed by atoms with Crippen LogP contribution in [0.25, 0.3) is 16.8 Å². The molecule has 0 saturated heterocycles. The van der Waals surface area contributed by atoms with Crippen molar-refractivity contribution in [1.29, 1.82) is 0 Å². The zero-order chi connectivity index (χ0) is 13.7. The Morgan fingerprint density at radius 3 is 2.90 bits per heavy atom. The molecule has 0 unspecified atom stereocenters. The molecule has 0 radical (unpaired) electrons. The first-order valence-corrected chi connectivity index (χ1v) is 6.99. The maximum Gasteiger partial charge on any atom is 0.189 e. The highest BCUT2D eigenvalue weighted by Crippen LogP contribution is 2.36. The van der Waals surface area contributed by atoms with E-state index in [2.05, 4.69) is 32.1 Å². The molecule has 3 N–H and O–H groups in total. The molecule has 7 nitrogen and oxygen atoms in total. The van der Waals surface area contributed by atoms with Gasteiger partial charge in [0.1, 0.15) is 11.8 Å². The molecule has 1 aliphatic rings. The molecule has 1 aliphatic carbocycles. The summed E-state index contributed by atoms with van der Waals surface area (Å²) < 4.78 is 1.90. The lowest BCUT2D eigenvalue weighted by atomic mass is 9.77. The number of rotatable bonds is 1. The molecule has 0 atom stereocenters. The average Bonchev–Trinajstić information content (AvgIpc) is 3.07. The fourth-order valence-electron chi connectivity index (χ4n) is 3.07. The molecular weight excluding hydrogens is 254 g/mol. The Hall–Kier alpha value is -2.02. The first-order chi connectivity index (χ1) is 9.67. The van der Waals surface area contributed by atoms with Crippen molar-refractivity contribution in [2.24, 2.45) is 11.7 Å². The quantitative estimate of drug-likeness (QED) is 0.696. The molecule has 0 aliphatic heterocycles. The van der Waals surface area contributed by atoms with Crippen LogP contribution in [0.5, 0.6) is 0 Å². The largest absolute Gasteiger partial charge is 0.340 e. The van der Waals surface area contributed by atoms with Crippen molar-refractivity contribution < 1.29 is 0 Å². The third kappa shape index (κ3) is 1.56. The Balaban J connectivity index is 1.88. The van der Waals surface area contributed by atoms with Gasteiger partial charge in [-0.15, -0.1) is 10.2 Å². The van der Waals surface area contributed by atoms with Crippen LogP contribution in [0, 0.1) is 5.92 Å². The number of hydrogen-bond donors (Lipinski definition) is 2. The number of imidazole rings is 1. The predicted octanol–water partition coefficient (Wildman–Crippen LogP) is 1.36. The summed E-state index contributed by atoms with van der Waals surface area (Å²) in [5, 5.41) is 8.63. The highest BCUT2D eigenvalue weighted by Gasteiger charge is 2.36. The second-order valence-corrected chi connectivity index (χ2v) is 5.90. The Morgan fingerprint density at radius 2 is 2.10 bits per heavy atom. The number of hydrogen-bond acceptors (Lipinski definition) is 5. The summed E-state index contributed by atoms with van der Waals surface area (Å²) in [7, 11) is 0. The highest BCUT2D eigenvalue weighted by molar-refractivity contribution is 5.84. The monoisotopic (exact) mass is 271 g/mol. The van der Waals surface area contributed by atoms with Gasteiger partial charge in [0, 0.05) is 0 Å². The van der Waals surface area contributed by atoms with Crippen LogP contribution in [0.4, 0.5) is 0 Å². The molecule has 1 fully saturated rings. The summed E-state index contributed by atoms with van der Waals surface area (Å²) >= 11 is 0. The maximum atomic E-state index is 6.60. The Morgan fingerprint density at radius 1 is 1.30 bits per heavy atom. The van der Waals surface area contributed by atoms with Crippen LogP contribution in [0.3, 0.4) is 0 Å². The lowest BCUT2D eigenvalue weighted by molar-refractivity contribution is 0.235. The summed E-state index contributed by atoms with van der Waals surface area (Å²) in [5.41, 5.74) is 8.39. The van der Waals surface area contributed by atoms with Gasteiger partial charge in [-0.05, 0) is 31.6 Å². The van der Waals surface area contributed by atoms with E-state index in [0.29, 0.717) is 5.65 Å². The number of nitrogens with one attached hydrogen (secondary N) is 1. The lowest BCUT2D eigenvalue weighted by Gasteiger charge is -2.34. The predicted molar refractivity (Wildman–Crippen MR) is 73.9 cm³/mol. The van der Waals surface area contributed by atoms with Gasteiger partial charge in [-0.2, -0.15) is 0 Å². The van der Waals surface area contributed by atoms with Crippen molar-refractivity contribution in [3.05, 3.63) is 18.5 Å². The summed E-state index contributed by atoms with van der Waals surface area (Å²) in [6, 6.07) is 0. The third-order valence-corrected chi connectivity index (χ3v) is 4.45. The van der Waals surface area contributed by atoms with E-state index in [9.17, 15) is 0 Å². The van der Waals surface area contributed by atoms with E-state index in [1.54, 1.807) is 12.7 Å². The molecule has 104 valence electrons. The second kappa shape index (κ2) is 3.99. The summed E-state index contributed by atoms with van der Waals surface area (Å²) in [5.74, 6) is 1.55. The zero-order valence-corrected chi connectivity index (χ0v) is 11.4. The molecule has 3 aromatic rings. The zero-order valence-electron chi connectivity index (χ0n) is 11.4. The molecule has 0 aromatic carbocycles. The van der Waals surface area contributed by atoms with Crippen LogP contribution in [-0.2, 0) is 5.54 Å². The SMILES string of the molecule is CC1CCC(N)(c2nnc3c4[nH]cnc4ncn23)CC1. The van der Waals surface area contributed by atoms with Crippen LogP contribution in [0.1, 0.15) is 38.4 Å². The minimum atomic E-state index is -0.401. The first-order valence-electron chi connectivity index (χ1n) is 6.99. The molecule has 0 spiro atoms. The Kier molecular flexibility index (Phi) is 2.35. The molecule has 20 heavy (non-hydrogen) atoms. The summed E-state index contributed by atoms with van der Waals surface area (Å²) in [6.07, 6.45) is 7.48. The Bertz CT molecular complexity index is 763. The lowest BCUT2D eigenvalue weighted by Crippen LogP contribution is -2.41. The molecule has 7 heteroatoms. The Labute approximate surface area is 115 Å². The van der Waals surface area contributed by atoms with E-state index in [1.165, 1.54) is 0 Å². The molecule has 0 amide bonds. The van der Waals surface area contributed by atoms with Gasteiger partial charge in [0.15, 0.2) is 17.1 Å². The minimum absolute atomic E-state index is 0.401. The van der Waals surface area contributed by atoms with Gasteiger partial charge in [0.05, 0.1) is 11.9 Å². The number of fused-ring (bicyclic) bond motifs is 3. The van der Waals surface area contributed by atoms with Gasteiger partial charge < -0.3 is 10.7 Å². The molecule has 1 saturated carbocycles. The maximum absolute atomic E-state index is 6.60. The number of aromatic nitrogens is 6. The molecule has 0 bridgehead atoms. The van der Waals surface area contributed by atoms with Crippen molar-refractivity contribution in [2.45, 2.75) is 38.1 Å². The summed E-state index contributed by atoms with van der Waals surface area (Å²) in [4.78, 5) is 11.5. The van der Waals surface area contributed by atoms with E-state index < -0.39 is 5.54 Å². The fourth-order valence-corrected chi connectivity index (χ4v) is 3.07. The molecular formula is C13H17N7. The molecule has 3 heterocycles. The number of nitrogens with zero attached hydrogens (tertiary/aromatic N) is 5. The third-order valence-electron chi connectivity index (χ3n) is 4.45. The normalized spacial score (nSPS) is 27.4. The van der Waals surface area contributed by atoms with Crippen molar-refractivity contribution in [1.82, 2.24) is 29.5 Å². The van der Waals surface area contributed by atoms with Crippen molar-refractivity contribution in [3.63, 3.8) is 0 Å². The van der Waals surface area contributed by atoms with Gasteiger partial charge in [-0.1, -0.05) is 6.92 Å². The van der Waals surface area contributed by atoms with Crippen LogP contribution >= 0.6 is 0 Å². The van der Waals surface area contributed by atoms with Crippen LogP contribution in [-0.4, -0.2) is 29.5 Å². The van der Waals surface area contributed by atoms with E-state index >= 15 is 0 Å². The van der Waals surface area contributed by atoms with Gasteiger partial charge in [-0.3, -0.25) is 4.40 Å². The summed E-state index contributed by atoms with van der Waals surface area (Å²) in [6.45, 7) is 2.27. The first kappa shape index (κ1) is 11.8. The smallest absolute Gasteiger partial charge is 0.189 e. The second-order valence-electron chi connectivity index (χ2n) is 5.90. The number of aromatic amines is 1. The topological polar surface area (TPSA) is 97.8 Å². The van der Waals surface area contributed by atoms with Crippen molar-refractivity contribution in [2.75, 3.05) is 0 Å². The standard InChI is InChI=1S/C13H17N7/c1-8-2-4-13(14,5-3-8)12-19-18-11-9-10(16-6-15-9)17-7-20(11)12/h6-8H,2-5,14H2,1H3,(H,15,16). The van der Waals surface area contributed by atoms with E-state index in [4.69, 9.17) is 5.73 Å². The van der Waals surface area contributed by atoms with Gasteiger partial charge in [-0.25, -0.2) is 9.97 Å². The number of H-pyrrole nitrogens is 1. The van der Waals surface area contributed by atoms with Crippen LogP contribution in [0.15, 0.2) is 12.7 Å². The molecule has 3 aromatic heterocycles. The van der Waals surface area contributed by atoms with Crippen LogP contribution < -0.4 is 5.73 Å². The highest BCUT2D eigenvalue weighted by atomic mass is 15.3. The van der Waals surface area contributed by atoms with E-state index in [-0.39, 0.29) is 0 Å². The van der Waals surface area contributed by atoms with Crippen LogP contribution in [0.2, 0.25) is 0 Å². The average molecular weight is 271 g/mol. The number of nitrogens with two attached hydrogens (primary N) is 1. The minimum Gasteiger partial charge on any atom is -0.340 e. The van der Waals surface area contributed by atoms with Gasteiger partial charge in [0.25, 0.3) is 0 Å². The van der Waals surface area contributed by atoms with Gasteiger partial charge in [0.2, 0.25) is 0 Å². The van der Waals surface area contributed by atoms with Crippen molar-refractivity contribution in [3.8, 4) is 0 Å². The van der Waals surface area contributed by atoms with Gasteiger partial charge >= 0.3 is 0 Å². The van der Waals surface area contributed by atoms with Crippen molar-refractivity contribution >= 4 is 16.8 Å². The van der Waals surface area contributed by atoms with E-state index in [0.717, 1.165) is 48.6 Å². The fraction of sp³-hybridized carbons (Fsp3) is 0.538. The molecule has 4 rings (SSSR count).